The molecule has 114 valence electrons. The molecule has 20 heavy (non-hydrogen) atoms. The van der Waals surface area contributed by atoms with E-state index in [9.17, 15) is 0 Å². The Kier molecular flexibility index (Phi) is 3.99. The first-order valence-corrected chi connectivity index (χ1v) is 8.36. The Balaban J connectivity index is 1.46. The molecule has 4 aliphatic heterocycles. The van der Waals surface area contributed by atoms with Gasteiger partial charge in [-0.2, -0.15) is 0 Å². The molecule has 4 saturated heterocycles. The van der Waals surface area contributed by atoms with Gasteiger partial charge in [0.25, 0.3) is 0 Å². The molecule has 0 N–H and O–H groups in total. The van der Waals surface area contributed by atoms with Crippen LogP contribution in [0.5, 0.6) is 0 Å². The molecule has 4 heterocycles. The maximum atomic E-state index is 6.16. The van der Waals surface area contributed by atoms with E-state index in [2.05, 4.69) is 0 Å². The molecular weight excluding hydrogens is 256 g/mol. The Bertz CT molecular complexity index is 290. The molecule has 0 aliphatic carbocycles. The van der Waals surface area contributed by atoms with Crippen LogP contribution in [0, 0.1) is 17.8 Å². The molecule has 4 heteroatoms. The molecule has 0 aromatic carbocycles. The van der Waals surface area contributed by atoms with Crippen LogP contribution in [-0.4, -0.2) is 51.3 Å². The molecule has 0 radical (unpaired) electrons. The monoisotopic (exact) mass is 282 g/mol. The highest BCUT2D eigenvalue weighted by molar-refractivity contribution is 4.96. The number of hydrogen-bond donors (Lipinski definition) is 0. The van der Waals surface area contributed by atoms with E-state index in [1.165, 1.54) is 19.3 Å². The van der Waals surface area contributed by atoms with E-state index in [0.717, 1.165) is 45.9 Å². The van der Waals surface area contributed by atoms with Gasteiger partial charge in [-0.25, -0.2) is 0 Å². The molecule has 6 atom stereocenters. The zero-order chi connectivity index (χ0) is 13.4. The fourth-order valence-electron chi connectivity index (χ4n) is 4.69. The SMILES string of the molecule is C1COC(C2OCCC2C2OCCC2C2CCOC2)C1. The lowest BCUT2D eigenvalue weighted by atomic mass is 9.78. The van der Waals surface area contributed by atoms with Crippen molar-refractivity contribution in [2.75, 3.05) is 33.0 Å². The summed E-state index contributed by atoms with van der Waals surface area (Å²) in [4.78, 5) is 0. The van der Waals surface area contributed by atoms with Gasteiger partial charge in [0.1, 0.15) is 0 Å². The van der Waals surface area contributed by atoms with Crippen LogP contribution >= 0.6 is 0 Å². The van der Waals surface area contributed by atoms with E-state index >= 15 is 0 Å². The molecule has 4 fully saturated rings. The quantitative estimate of drug-likeness (QED) is 0.793. The van der Waals surface area contributed by atoms with Crippen LogP contribution in [0.2, 0.25) is 0 Å². The predicted octanol–water partition coefficient (Wildman–Crippen LogP) is 2.01. The van der Waals surface area contributed by atoms with Crippen molar-refractivity contribution in [2.24, 2.45) is 17.8 Å². The number of ether oxygens (including phenoxy) is 4. The van der Waals surface area contributed by atoms with Crippen molar-refractivity contribution in [3.63, 3.8) is 0 Å². The third-order valence-electron chi connectivity index (χ3n) is 5.69. The first-order valence-electron chi connectivity index (χ1n) is 8.36. The summed E-state index contributed by atoms with van der Waals surface area (Å²) < 4.78 is 23.7. The van der Waals surface area contributed by atoms with E-state index in [4.69, 9.17) is 18.9 Å². The molecule has 4 aliphatic rings. The molecular formula is C16H26O4. The van der Waals surface area contributed by atoms with E-state index in [0.29, 0.717) is 30.0 Å². The Morgan fingerprint density at radius 2 is 1.50 bits per heavy atom. The van der Waals surface area contributed by atoms with Gasteiger partial charge in [0.2, 0.25) is 0 Å². The maximum absolute atomic E-state index is 6.16. The summed E-state index contributed by atoms with van der Waals surface area (Å²) in [6, 6.07) is 0. The van der Waals surface area contributed by atoms with Crippen LogP contribution in [0.25, 0.3) is 0 Å². The van der Waals surface area contributed by atoms with Gasteiger partial charge in [0, 0.05) is 39.0 Å². The first kappa shape index (κ1) is 13.5. The molecule has 0 aromatic heterocycles. The minimum absolute atomic E-state index is 0.269. The van der Waals surface area contributed by atoms with E-state index < -0.39 is 0 Å². The fourth-order valence-corrected chi connectivity index (χ4v) is 4.69. The van der Waals surface area contributed by atoms with Crippen molar-refractivity contribution in [2.45, 2.75) is 50.4 Å². The molecule has 0 aromatic rings. The van der Waals surface area contributed by atoms with Crippen LogP contribution in [0.1, 0.15) is 32.1 Å². The zero-order valence-electron chi connectivity index (χ0n) is 12.2. The summed E-state index contributed by atoms with van der Waals surface area (Å²) in [7, 11) is 0. The summed E-state index contributed by atoms with van der Waals surface area (Å²) in [6.07, 6.45) is 6.85. The van der Waals surface area contributed by atoms with Gasteiger partial charge in [0.15, 0.2) is 0 Å². The number of hydrogen-bond acceptors (Lipinski definition) is 4. The Morgan fingerprint density at radius 1 is 0.650 bits per heavy atom. The summed E-state index contributed by atoms with van der Waals surface area (Å²) in [5, 5.41) is 0. The third-order valence-corrected chi connectivity index (χ3v) is 5.69. The molecule has 4 nitrogen and oxygen atoms in total. The normalized spacial score (nSPS) is 49.2. The summed E-state index contributed by atoms with van der Waals surface area (Å²) in [6.45, 7) is 4.57. The highest BCUT2D eigenvalue weighted by atomic mass is 16.6. The van der Waals surface area contributed by atoms with Crippen LogP contribution in [-0.2, 0) is 18.9 Å². The van der Waals surface area contributed by atoms with Gasteiger partial charge in [-0.05, 0) is 43.9 Å². The average Bonchev–Trinajstić information content (AvgIpc) is 3.23. The Hall–Kier alpha value is -0.160. The van der Waals surface area contributed by atoms with Crippen LogP contribution in [0.4, 0.5) is 0 Å². The van der Waals surface area contributed by atoms with E-state index in [1.807, 2.05) is 0 Å². The van der Waals surface area contributed by atoms with Crippen molar-refractivity contribution in [1.29, 1.82) is 0 Å². The standard InChI is InChI=1S/C16H26O4/c1-2-14(18-6-1)16-13(5-9-20-16)15-12(4-8-19-15)11-3-7-17-10-11/h11-16H,1-10H2. The van der Waals surface area contributed by atoms with Gasteiger partial charge in [0.05, 0.1) is 18.3 Å². The lowest BCUT2D eigenvalue weighted by Crippen LogP contribution is -2.41. The summed E-state index contributed by atoms with van der Waals surface area (Å²) in [5.41, 5.74) is 0. The Morgan fingerprint density at radius 3 is 2.25 bits per heavy atom. The van der Waals surface area contributed by atoms with Gasteiger partial charge in [-0.1, -0.05) is 0 Å². The van der Waals surface area contributed by atoms with Crippen molar-refractivity contribution in [1.82, 2.24) is 0 Å². The third kappa shape index (κ3) is 2.41. The minimum atomic E-state index is 0.269. The largest absolute Gasteiger partial charge is 0.381 e. The molecule has 6 unspecified atom stereocenters. The summed E-state index contributed by atoms with van der Waals surface area (Å²) in [5.74, 6) is 1.91. The van der Waals surface area contributed by atoms with E-state index in [1.54, 1.807) is 0 Å². The van der Waals surface area contributed by atoms with Gasteiger partial charge >= 0.3 is 0 Å². The maximum Gasteiger partial charge on any atom is 0.0890 e. The Labute approximate surface area is 121 Å². The van der Waals surface area contributed by atoms with Crippen LogP contribution in [0.15, 0.2) is 0 Å². The lowest BCUT2D eigenvalue weighted by molar-refractivity contribution is -0.0692. The van der Waals surface area contributed by atoms with Crippen molar-refractivity contribution >= 4 is 0 Å². The average molecular weight is 282 g/mol. The molecule has 0 bridgehead atoms. The van der Waals surface area contributed by atoms with Crippen LogP contribution in [0.3, 0.4) is 0 Å². The second-order valence-corrected chi connectivity index (χ2v) is 6.75. The zero-order valence-corrected chi connectivity index (χ0v) is 12.2. The van der Waals surface area contributed by atoms with Gasteiger partial charge in [-0.15, -0.1) is 0 Å². The lowest BCUT2D eigenvalue weighted by Gasteiger charge is -2.32. The summed E-state index contributed by atoms with van der Waals surface area (Å²) >= 11 is 0. The second kappa shape index (κ2) is 5.91. The first-order chi connectivity index (χ1) is 9.93. The predicted molar refractivity (Wildman–Crippen MR) is 73.6 cm³/mol. The van der Waals surface area contributed by atoms with Gasteiger partial charge < -0.3 is 18.9 Å². The van der Waals surface area contributed by atoms with E-state index in [-0.39, 0.29) is 6.10 Å². The topological polar surface area (TPSA) is 36.9 Å². The van der Waals surface area contributed by atoms with Crippen molar-refractivity contribution in [3.05, 3.63) is 0 Å². The molecule has 0 spiro atoms. The van der Waals surface area contributed by atoms with Crippen LogP contribution < -0.4 is 0 Å². The van der Waals surface area contributed by atoms with Crippen molar-refractivity contribution in [3.8, 4) is 0 Å². The molecule has 4 rings (SSSR count). The smallest absolute Gasteiger partial charge is 0.0890 e. The van der Waals surface area contributed by atoms with Gasteiger partial charge in [-0.3, -0.25) is 0 Å². The highest BCUT2D eigenvalue weighted by Crippen LogP contribution is 2.42. The second-order valence-electron chi connectivity index (χ2n) is 6.75. The fraction of sp³-hybridized carbons (Fsp3) is 1.00. The highest BCUT2D eigenvalue weighted by Gasteiger charge is 2.48. The number of rotatable bonds is 3. The molecule has 0 amide bonds. The van der Waals surface area contributed by atoms with Crippen molar-refractivity contribution < 1.29 is 18.9 Å². The minimum Gasteiger partial charge on any atom is -0.381 e. The molecule has 0 saturated carbocycles.